The van der Waals surface area contributed by atoms with Gasteiger partial charge in [0.15, 0.2) is 0 Å². The fourth-order valence-corrected chi connectivity index (χ4v) is 3.72. The van der Waals surface area contributed by atoms with Crippen molar-refractivity contribution in [2.45, 2.75) is 51.1 Å². The van der Waals surface area contributed by atoms with Gasteiger partial charge >= 0.3 is 0 Å². The number of nitrogens with one attached hydrogen (secondary N) is 1. The van der Waals surface area contributed by atoms with E-state index in [2.05, 4.69) is 53.6 Å². The minimum atomic E-state index is 0.332. The molecule has 0 bridgehead atoms. The zero-order valence-electron chi connectivity index (χ0n) is 12.6. The van der Waals surface area contributed by atoms with Gasteiger partial charge < -0.3 is 10.2 Å². The number of fused-ring (bicyclic) bond motifs is 1. The van der Waals surface area contributed by atoms with Gasteiger partial charge in [-0.15, -0.1) is 0 Å². The first-order valence-electron chi connectivity index (χ1n) is 8.02. The lowest BCUT2D eigenvalue weighted by Crippen LogP contribution is -2.52. The van der Waals surface area contributed by atoms with Crippen LogP contribution in [-0.2, 0) is 6.54 Å². The summed E-state index contributed by atoms with van der Waals surface area (Å²) in [6.45, 7) is 5.30. The van der Waals surface area contributed by atoms with E-state index < -0.39 is 0 Å². The van der Waals surface area contributed by atoms with Crippen molar-refractivity contribution < 1.29 is 0 Å². The molecular weight excluding hydrogens is 244 g/mol. The summed E-state index contributed by atoms with van der Waals surface area (Å²) in [5, 5.41) is 3.89. The molecule has 0 atom stereocenters. The van der Waals surface area contributed by atoms with Crippen LogP contribution in [0.5, 0.6) is 0 Å². The van der Waals surface area contributed by atoms with Crippen LogP contribution in [0.1, 0.15) is 44.6 Å². The van der Waals surface area contributed by atoms with Gasteiger partial charge in [-0.2, -0.15) is 0 Å². The van der Waals surface area contributed by atoms with Gasteiger partial charge in [-0.05, 0) is 31.4 Å². The zero-order valence-corrected chi connectivity index (χ0v) is 12.6. The highest BCUT2D eigenvalue weighted by Gasteiger charge is 2.35. The lowest BCUT2D eigenvalue weighted by molar-refractivity contribution is 0.237. The summed E-state index contributed by atoms with van der Waals surface area (Å²) in [6, 6.07) is 8.88. The number of allylic oxidation sites excluding steroid dienone is 1. The average molecular weight is 270 g/mol. The SMILES string of the molecule is C/C=C/CN1CC2(CCCCC2)NCc2ccccc21. The summed E-state index contributed by atoms with van der Waals surface area (Å²) in [4.78, 5) is 2.57. The van der Waals surface area contributed by atoms with Gasteiger partial charge in [0.1, 0.15) is 0 Å². The molecule has 1 aliphatic heterocycles. The zero-order chi connectivity index (χ0) is 13.8. The molecule has 1 saturated carbocycles. The number of nitrogens with zero attached hydrogens (tertiary/aromatic N) is 1. The van der Waals surface area contributed by atoms with Crippen molar-refractivity contribution in [3.05, 3.63) is 42.0 Å². The Hall–Kier alpha value is -1.28. The summed E-state index contributed by atoms with van der Waals surface area (Å²) < 4.78 is 0. The van der Waals surface area contributed by atoms with E-state index in [-0.39, 0.29) is 0 Å². The monoisotopic (exact) mass is 270 g/mol. The molecule has 0 amide bonds. The van der Waals surface area contributed by atoms with Crippen molar-refractivity contribution in [1.29, 1.82) is 0 Å². The van der Waals surface area contributed by atoms with Crippen LogP contribution in [0.25, 0.3) is 0 Å². The summed E-state index contributed by atoms with van der Waals surface area (Å²) >= 11 is 0. The van der Waals surface area contributed by atoms with Crippen molar-refractivity contribution in [2.75, 3.05) is 18.0 Å². The normalized spacial score (nSPS) is 21.9. The maximum atomic E-state index is 3.89. The molecule has 3 rings (SSSR count). The Morgan fingerprint density at radius 3 is 2.80 bits per heavy atom. The summed E-state index contributed by atoms with van der Waals surface area (Å²) in [5.74, 6) is 0. The fourth-order valence-electron chi connectivity index (χ4n) is 3.72. The highest BCUT2D eigenvalue weighted by atomic mass is 15.2. The van der Waals surface area contributed by atoms with Crippen LogP contribution in [0.3, 0.4) is 0 Å². The van der Waals surface area contributed by atoms with Gasteiger partial charge in [0.05, 0.1) is 0 Å². The molecule has 2 heteroatoms. The Labute approximate surface area is 122 Å². The van der Waals surface area contributed by atoms with Crippen molar-refractivity contribution >= 4 is 5.69 Å². The smallest absolute Gasteiger partial charge is 0.0415 e. The molecule has 0 saturated heterocycles. The van der Waals surface area contributed by atoms with Gasteiger partial charge in [0.25, 0.3) is 0 Å². The maximum Gasteiger partial charge on any atom is 0.0415 e. The van der Waals surface area contributed by atoms with Crippen LogP contribution in [0.15, 0.2) is 36.4 Å². The Balaban J connectivity index is 1.89. The number of anilines is 1. The Morgan fingerprint density at radius 2 is 2.00 bits per heavy atom. The second-order valence-corrected chi connectivity index (χ2v) is 6.27. The number of benzene rings is 1. The second kappa shape index (κ2) is 6.01. The quantitative estimate of drug-likeness (QED) is 0.821. The van der Waals surface area contributed by atoms with Gasteiger partial charge in [-0.1, -0.05) is 49.6 Å². The molecular formula is C18H26N2. The van der Waals surface area contributed by atoms with E-state index in [1.54, 1.807) is 0 Å². The Kier molecular flexibility index (Phi) is 4.11. The first-order chi connectivity index (χ1) is 9.83. The summed E-state index contributed by atoms with van der Waals surface area (Å²) in [7, 11) is 0. The van der Waals surface area contributed by atoms with Gasteiger partial charge in [-0.3, -0.25) is 0 Å². The molecule has 1 heterocycles. The number of hydrogen-bond acceptors (Lipinski definition) is 2. The molecule has 0 radical (unpaired) electrons. The van der Waals surface area contributed by atoms with Crippen molar-refractivity contribution in [2.24, 2.45) is 0 Å². The second-order valence-electron chi connectivity index (χ2n) is 6.27. The minimum Gasteiger partial charge on any atom is -0.366 e. The van der Waals surface area contributed by atoms with Crippen LogP contribution in [0, 0.1) is 0 Å². The van der Waals surface area contributed by atoms with E-state index >= 15 is 0 Å². The van der Waals surface area contributed by atoms with E-state index in [0.29, 0.717) is 5.54 Å². The fraction of sp³-hybridized carbons (Fsp3) is 0.556. The molecule has 0 aromatic heterocycles. The average Bonchev–Trinajstić information content (AvgIpc) is 2.64. The Morgan fingerprint density at radius 1 is 1.20 bits per heavy atom. The molecule has 0 unspecified atom stereocenters. The standard InChI is InChI=1S/C18H26N2/c1-2-3-13-20-15-18(11-7-4-8-12-18)19-14-16-9-5-6-10-17(16)20/h2-3,5-6,9-10,19H,4,7-8,11-15H2,1H3/b3-2+. The molecule has 1 N–H and O–H groups in total. The molecule has 1 aromatic carbocycles. The van der Waals surface area contributed by atoms with E-state index in [9.17, 15) is 0 Å². The highest BCUT2D eigenvalue weighted by molar-refractivity contribution is 5.55. The maximum absolute atomic E-state index is 3.89. The molecule has 2 nitrogen and oxygen atoms in total. The number of hydrogen-bond donors (Lipinski definition) is 1. The minimum absolute atomic E-state index is 0.332. The predicted octanol–water partition coefficient (Wildman–Crippen LogP) is 3.88. The summed E-state index contributed by atoms with van der Waals surface area (Å²) in [5.41, 5.74) is 3.19. The van der Waals surface area contributed by atoms with Crippen molar-refractivity contribution in [3.63, 3.8) is 0 Å². The highest BCUT2D eigenvalue weighted by Crippen LogP contribution is 2.34. The number of rotatable bonds is 2. The molecule has 1 fully saturated rings. The molecule has 1 spiro atoms. The molecule has 1 aromatic rings. The van der Waals surface area contributed by atoms with E-state index in [4.69, 9.17) is 0 Å². The summed E-state index contributed by atoms with van der Waals surface area (Å²) in [6.07, 6.45) is 11.3. The van der Waals surface area contributed by atoms with Crippen LogP contribution in [0.2, 0.25) is 0 Å². The predicted molar refractivity (Wildman–Crippen MR) is 86.1 cm³/mol. The Bertz CT molecular complexity index is 472. The van der Waals surface area contributed by atoms with Gasteiger partial charge in [0.2, 0.25) is 0 Å². The first-order valence-corrected chi connectivity index (χ1v) is 8.02. The van der Waals surface area contributed by atoms with Crippen LogP contribution < -0.4 is 10.2 Å². The largest absolute Gasteiger partial charge is 0.366 e. The topological polar surface area (TPSA) is 15.3 Å². The van der Waals surface area contributed by atoms with Crippen LogP contribution in [0.4, 0.5) is 5.69 Å². The van der Waals surface area contributed by atoms with E-state index in [1.807, 2.05) is 0 Å². The third-order valence-corrected chi connectivity index (χ3v) is 4.85. The lowest BCUT2D eigenvalue weighted by Gasteiger charge is -2.40. The molecule has 1 aliphatic carbocycles. The van der Waals surface area contributed by atoms with Crippen LogP contribution in [-0.4, -0.2) is 18.6 Å². The third kappa shape index (κ3) is 2.76. The number of para-hydroxylation sites is 1. The van der Waals surface area contributed by atoms with Crippen molar-refractivity contribution in [3.8, 4) is 0 Å². The molecule has 20 heavy (non-hydrogen) atoms. The lowest BCUT2D eigenvalue weighted by atomic mass is 9.81. The van der Waals surface area contributed by atoms with Crippen LogP contribution >= 0.6 is 0 Å². The first kappa shape index (κ1) is 13.7. The van der Waals surface area contributed by atoms with Gasteiger partial charge in [0, 0.05) is 30.9 Å². The van der Waals surface area contributed by atoms with Gasteiger partial charge in [-0.25, -0.2) is 0 Å². The third-order valence-electron chi connectivity index (χ3n) is 4.85. The van der Waals surface area contributed by atoms with E-state index in [0.717, 1.165) is 19.6 Å². The molecule has 108 valence electrons. The molecule has 2 aliphatic rings. The van der Waals surface area contributed by atoms with Crippen molar-refractivity contribution in [1.82, 2.24) is 5.32 Å². The van der Waals surface area contributed by atoms with E-state index in [1.165, 1.54) is 43.4 Å².